The average molecular weight is 365 g/mol. The highest BCUT2D eigenvalue weighted by Crippen LogP contribution is 2.24. The Morgan fingerprint density at radius 3 is 2.67 bits per heavy atom. The van der Waals surface area contributed by atoms with E-state index in [1.54, 1.807) is 19.1 Å². The SMILES string of the molecule is COc1cccc(C(C)N(C)C(=O)CCc2nnc(-c3ccccc3)o2)c1. The minimum Gasteiger partial charge on any atom is -0.497 e. The zero-order chi connectivity index (χ0) is 19.2. The minimum absolute atomic E-state index is 0.0183. The quantitative estimate of drug-likeness (QED) is 0.635. The summed E-state index contributed by atoms with van der Waals surface area (Å²) < 4.78 is 10.9. The van der Waals surface area contributed by atoms with Crippen LogP contribution in [0.5, 0.6) is 5.75 Å². The summed E-state index contributed by atoms with van der Waals surface area (Å²) in [7, 11) is 3.43. The summed E-state index contributed by atoms with van der Waals surface area (Å²) in [5.74, 6) is 1.73. The predicted octanol–water partition coefficient (Wildman–Crippen LogP) is 3.90. The number of aryl methyl sites for hydroxylation is 1. The summed E-state index contributed by atoms with van der Waals surface area (Å²) >= 11 is 0. The molecule has 0 spiro atoms. The van der Waals surface area contributed by atoms with E-state index in [-0.39, 0.29) is 11.9 Å². The number of nitrogens with zero attached hydrogens (tertiary/aromatic N) is 3. The molecule has 0 bridgehead atoms. The molecule has 1 aromatic heterocycles. The van der Waals surface area contributed by atoms with Crippen molar-refractivity contribution in [2.45, 2.75) is 25.8 Å². The molecule has 6 nitrogen and oxygen atoms in total. The number of hydrogen-bond acceptors (Lipinski definition) is 5. The van der Waals surface area contributed by atoms with Crippen LogP contribution in [-0.4, -0.2) is 35.2 Å². The van der Waals surface area contributed by atoms with Crippen molar-refractivity contribution in [3.63, 3.8) is 0 Å². The molecular weight excluding hydrogens is 342 g/mol. The number of methoxy groups -OCH3 is 1. The second-order valence-corrected chi connectivity index (χ2v) is 6.32. The summed E-state index contributed by atoms with van der Waals surface area (Å²) in [6.45, 7) is 1.99. The van der Waals surface area contributed by atoms with Gasteiger partial charge in [0.05, 0.1) is 13.2 Å². The van der Waals surface area contributed by atoms with Gasteiger partial charge in [-0.3, -0.25) is 4.79 Å². The Labute approximate surface area is 158 Å². The van der Waals surface area contributed by atoms with Gasteiger partial charge in [-0.1, -0.05) is 30.3 Å². The van der Waals surface area contributed by atoms with Gasteiger partial charge in [0.25, 0.3) is 0 Å². The average Bonchev–Trinajstić information content (AvgIpc) is 3.20. The fourth-order valence-electron chi connectivity index (χ4n) is 2.78. The molecule has 0 fully saturated rings. The largest absolute Gasteiger partial charge is 0.497 e. The van der Waals surface area contributed by atoms with Crippen molar-refractivity contribution in [2.24, 2.45) is 0 Å². The number of amides is 1. The Morgan fingerprint density at radius 2 is 1.93 bits per heavy atom. The molecule has 0 N–H and O–H groups in total. The third-order valence-electron chi connectivity index (χ3n) is 4.59. The first-order valence-corrected chi connectivity index (χ1v) is 8.86. The van der Waals surface area contributed by atoms with E-state index in [1.165, 1.54) is 0 Å². The van der Waals surface area contributed by atoms with E-state index in [1.807, 2.05) is 61.5 Å². The van der Waals surface area contributed by atoms with Crippen molar-refractivity contribution in [1.82, 2.24) is 15.1 Å². The van der Waals surface area contributed by atoms with Gasteiger partial charge in [-0.25, -0.2) is 0 Å². The van der Waals surface area contributed by atoms with Crippen molar-refractivity contribution in [2.75, 3.05) is 14.2 Å². The minimum atomic E-state index is -0.0600. The molecule has 0 saturated carbocycles. The smallest absolute Gasteiger partial charge is 0.247 e. The van der Waals surface area contributed by atoms with Gasteiger partial charge in [-0.15, -0.1) is 10.2 Å². The highest BCUT2D eigenvalue weighted by Gasteiger charge is 2.19. The molecule has 0 aliphatic heterocycles. The van der Waals surface area contributed by atoms with Gasteiger partial charge in [-0.2, -0.15) is 0 Å². The third-order valence-corrected chi connectivity index (χ3v) is 4.59. The van der Waals surface area contributed by atoms with Crippen molar-refractivity contribution in [3.8, 4) is 17.2 Å². The van der Waals surface area contributed by atoms with E-state index < -0.39 is 0 Å². The highest BCUT2D eigenvalue weighted by molar-refractivity contribution is 5.76. The molecule has 0 radical (unpaired) electrons. The first kappa shape index (κ1) is 18.6. The number of ether oxygens (including phenoxy) is 1. The van der Waals surface area contributed by atoms with Gasteiger partial charge in [0, 0.05) is 25.5 Å². The van der Waals surface area contributed by atoms with Crippen LogP contribution in [0.1, 0.15) is 30.8 Å². The maximum absolute atomic E-state index is 12.6. The Bertz CT molecular complexity index is 892. The molecule has 1 heterocycles. The Hall–Kier alpha value is -3.15. The Balaban J connectivity index is 1.59. The lowest BCUT2D eigenvalue weighted by Gasteiger charge is -2.25. The van der Waals surface area contributed by atoms with Crippen molar-refractivity contribution in [3.05, 3.63) is 66.1 Å². The van der Waals surface area contributed by atoms with E-state index in [9.17, 15) is 4.79 Å². The van der Waals surface area contributed by atoms with Crippen LogP contribution >= 0.6 is 0 Å². The second kappa shape index (κ2) is 8.49. The lowest BCUT2D eigenvalue weighted by molar-refractivity contribution is -0.131. The van der Waals surface area contributed by atoms with Gasteiger partial charge in [-0.05, 0) is 36.8 Å². The van der Waals surface area contributed by atoms with Crippen LogP contribution < -0.4 is 4.74 Å². The third kappa shape index (κ3) is 4.53. The number of aromatic nitrogens is 2. The summed E-state index contributed by atoms with van der Waals surface area (Å²) in [5.41, 5.74) is 1.89. The van der Waals surface area contributed by atoms with Crippen molar-refractivity contribution < 1.29 is 13.9 Å². The number of carbonyl (C=O) groups is 1. The number of carbonyl (C=O) groups excluding carboxylic acids is 1. The number of hydrogen-bond donors (Lipinski definition) is 0. The molecule has 0 saturated heterocycles. The first-order valence-electron chi connectivity index (χ1n) is 8.86. The molecule has 3 rings (SSSR count). The standard InChI is InChI=1S/C21H23N3O3/c1-15(17-10-7-11-18(14-17)26-3)24(2)20(25)13-12-19-22-23-21(27-19)16-8-5-4-6-9-16/h4-11,14-15H,12-13H2,1-3H3. The van der Waals surface area contributed by atoms with E-state index in [0.29, 0.717) is 24.6 Å². The molecule has 1 atom stereocenters. The van der Waals surface area contributed by atoms with Gasteiger partial charge in [0.15, 0.2) is 0 Å². The van der Waals surface area contributed by atoms with Gasteiger partial charge >= 0.3 is 0 Å². The van der Waals surface area contributed by atoms with E-state index >= 15 is 0 Å². The summed E-state index contributed by atoms with van der Waals surface area (Å²) in [6, 6.07) is 17.3. The van der Waals surface area contributed by atoms with Crippen LogP contribution in [0.3, 0.4) is 0 Å². The lowest BCUT2D eigenvalue weighted by Crippen LogP contribution is -2.29. The number of rotatable bonds is 7. The second-order valence-electron chi connectivity index (χ2n) is 6.32. The maximum Gasteiger partial charge on any atom is 0.247 e. The van der Waals surface area contributed by atoms with Crippen LogP contribution in [-0.2, 0) is 11.2 Å². The molecule has 6 heteroatoms. The normalized spacial score (nSPS) is 11.8. The summed E-state index contributed by atoms with van der Waals surface area (Å²) in [4.78, 5) is 14.3. The number of benzene rings is 2. The van der Waals surface area contributed by atoms with Crippen LogP contribution in [0, 0.1) is 0 Å². The van der Waals surface area contributed by atoms with Crippen LogP contribution in [0.15, 0.2) is 59.0 Å². The molecule has 27 heavy (non-hydrogen) atoms. The van der Waals surface area contributed by atoms with E-state index in [4.69, 9.17) is 9.15 Å². The fourth-order valence-corrected chi connectivity index (χ4v) is 2.78. The van der Waals surface area contributed by atoms with Gasteiger partial charge in [0.1, 0.15) is 5.75 Å². The topological polar surface area (TPSA) is 68.5 Å². The first-order chi connectivity index (χ1) is 13.1. The molecule has 2 aromatic carbocycles. The monoisotopic (exact) mass is 365 g/mol. The Kier molecular flexibility index (Phi) is 5.86. The van der Waals surface area contributed by atoms with Crippen LogP contribution in [0.2, 0.25) is 0 Å². The molecule has 0 aliphatic carbocycles. The lowest BCUT2D eigenvalue weighted by atomic mass is 10.1. The molecule has 0 aliphatic rings. The summed E-state index contributed by atoms with van der Waals surface area (Å²) in [5, 5.41) is 8.10. The summed E-state index contributed by atoms with van der Waals surface area (Å²) in [6.07, 6.45) is 0.717. The van der Waals surface area contributed by atoms with Crippen LogP contribution in [0.25, 0.3) is 11.5 Å². The molecule has 1 unspecified atom stereocenters. The molecule has 3 aromatic rings. The zero-order valence-corrected chi connectivity index (χ0v) is 15.8. The van der Waals surface area contributed by atoms with Crippen molar-refractivity contribution >= 4 is 5.91 Å². The van der Waals surface area contributed by atoms with Gasteiger partial charge < -0.3 is 14.1 Å². The molecule has 1 amide bonds. The van der Waals surface area contributed by atoms with Crippen molar-refractivity contribution in [1.29, 1.82) is 0 Å². The highest BCUT2D eigenvalue weighted by atomic mass is 16.5. The zero-order valence-electron chi connectivity index (χ0n) is 15.8. The predicted molar refractivity (Wildman–Crippen MR) is 102 cm³/mol. The van der Waals surface area contributed by atoms with E-state index in [2.05, 4.69) is 10.2 Å². The van der Waals surface area contributed by atoms with Crippen LogP contribution in [0.4, 0.5) is 0 Å². The van der Waals surface area contributed by atoms with Gasteiger partial charge in [0.2, 0.25) is 17.7 Å². The molecule has 140 valence electrons. The van der Waals surface area contributed by atoms with E-state index in [0.717, 1.165) is 16.9 Å². The fraction of sp³-hybridized carbons (Fsp3) is 0.286. The Morgan fingerprint density at radius 1 is 1.15 bits per heavy atom. The molecular formula is C21H23N3O3. The maximum atomic E-state index is 12.6.